The van der Waals surface area contributed by atoms with E-state index in [1.165, 1.54) is 22.4 Å². The van der Waals surface area contributed by atoms with E-state index in [4.69, 9.17) is 4.42 Å². The van der Waals surface area contributed by atoms with Gasteiger partial charge in [0.15, 0.2) is 0 Å². The molecule has 136 valence electrons. The molecule has 26 heavy (non-hydrogen) atoms. The Morgan fingerprint density at radius 2 is 1.69 bits per heavy atom. The van der Waals surface area contributed by atoms with Crippen molar-refractivity contribution in [3.8, 4) is 0 Å². The largest absolute Gasteiger partial charge is 0.469 e. The van der Waals surface area contributed by atoms with Crippen molar-refractivity contribution in [2.45, 2.75) is 25.8 Å². The molecule has 3 nitrogen and oxygen atoms in total. The van der Waals surface area contributed by atoms with Gasteiger partial charge < -0.3 is 14.6 Å². The highest BCUT2D eigenvalue weighted by molar-refractivity contribution is 5.45. The Morgan fingerprint density at radius 1 is 0.962 bits per heavy atom. The number of nitrogens with one attached hydrogen (secondary N) is 1. The van der Waals surface area contributed by atoms with Gasteiger partial charge in [0.2, 0.25) is 0 Å². The van der Waals surface area contributed by atoms with Crippen LogP contribution in [0.3, 0.4) is 0 Å². The number of benzene rings is 2. The second kappa shape index (κ2) is 8.72. The minimum absolute atomic E-state index is 0.286. The molecule has 2 aromatic carbocycles. The van der Waals surface area contributed by atoms with Crippen molar-refractivity contribution in [3.63, 3.8) is 0 Å². The molecule has 0 fully saturated rings. The molecule has 3 aromatic rings. The van der Waals surface area contributed by atoms with E-state index in [1.807, 2.05) is 6.07 Å². The van der Waals surface area contributed by atoms with Crippen LogP contribution >= 0.6 is 0 Å². The van der Waals surface area contributed by atoms with Gasteiger partial charge in [-0.1, -0.05) is 42.0 Å². The molecule has 0 aliphatic heterocycles. The number of hydrogen-bond donors (Lipinski definition) is 1. The summed E-state index contributed by atoms with van der Waals surface area (Å²) in [4.78, 5) is 2.12. The lowest BCUT2D eigenvalue weighted by molar-refractivity contribution is 0.466. The van der Waals surface area contributed by atoms with Crippen LogP contribution in [0.5, 0.6) is 0 Å². The van der Waals surface area contributed by atoms with Crippen molar-refractivity contribution in [1.29, 1.82) is 0 Å². The Bertz CT molecular complexity index is 774. The van der Waals surface area contributed by atoms with E-state index in [-0.39, 0.29) is 5.92 Å². The van der Waals surface area contributed by atoms with E-state index in [0.717, 1.165) is 25.3 Å². The van der Waals surface area contributed by atoms with Gasteiger partial charge in [-0.2, -0.15) is 0 Å². The standard InChI is InChI=1S/C23H28N2O/c1-18-6-10-20(11-7-18)22(23-5-4-16-26-23)14-15-24-17-19-8-12-21(13-9-19)25(2)3/h4-13,16,22,24H,14-15,17H2,1-3H3/t22-/m0/s1. The van der Waals surface area contributed by atoms with E-state index in [1.54, 1.807) is 6.26 Å². The van der Waals surface area contributed by atoms with Crippen molar-refractivity contribution in [2.24, 2.45) is 0 Å². The molecule has 1 heterocycles. The van der Waals surface area contributed by atoms with Gasteiger partial charge >= 0.3 is 0 Å². The van der Waals surface area contributed by atoms with Crippen LogP contribution in [0, 0.1) is 6.92 Å². The lowest BCUT2D eigenvalue weighted by Crippen LogP contribution is -2.18. The first-order valence-corrected chi connectivity index (χ1v) is 9.20. The van der Waals surface area contributed by atoms with Crippen LogP contribution in [0.2, 0.25) is 0 Å². The van der Waals surface area contributed by atoms with Gasteiger partial charge in [0, 0.05) is 32.2 Å². The van der Waals surface area contributed by atoms with Crippen LogP contribution in [0.1, 0.15) is 34.8 Å². The number of rotatable bonds is 8. The van der Waals surface area contributed by atoms with Crippen LogP contribution < -0.4 is 10.2 Å². The lowest BCUT2D eigenvalue weighted by atomic mass is 9.92. The maximum Gasteiger partial charge on any atom is 0.111 e. The molecule has 1 atom stereocenters. The van der Waals surface area contributed by atoms with Gasteiger partial charge in [-0.25, -0.2) is 0 Å². The first-order chi connectivity index (χ1) is 12.6. The van der Waals surface area contributed by atoms with Crippen LogP contribution in [0.4, 0.5) is 5.69 Å². The van der Waals surface area contributed by atoms with E-state index in [9.17, 15) is 0 Å². The molecule has 0 amide bonds. The summed E-state index contributed by atoms with van der Waals surface area (Å²) in [6, 6.07) is 21.5. The fourth-order valence-corrected chi connectivity index (χ4v) is 3.15. The highest BCUT2D eigenvalue weighted by Gasteiger charge is 2.16. The maximum atomic E-state index is 5.70. The molecule has 0 aliphatic carbocycles. The summed E-state index contributed by atoms with van der Waals surface area (Å²) >= 11 is 0. The number of nitrogens with zero attached hydrogens (tertiary/aromatic N) is 1. The summed E-state index contributed by atoms with van der Waals surface area (Å²) < 4.78 is 5.70. The first-order valence-electron chi connectivity index (χ1n) is 9.20. The average Bonchev–Trinajstić information content (AvgIpc) is 3.17. The summed E-state index contributed by atoms with van der Waals surface area (Å²) in [6.45, 7) is 3.94. The van der Waals surface area contributed by atoms with Crippen molar-refractivity contribution in [1.82, 2.24) is 5.32 Å². The average molecular weight is 348 g/mol. The lowest BCUT2D eigenvalue weighted by Gasteiger charge is -2.16. The molecule has 1 N–H and O–H groups in total. The second-order valence-electron chi connectivity index (χ2n) is 7.01. The summed E-state index contributed by atoms with van der Waals surface area (Å²) in [5, 5.41) is 3.57. The van der Waals surface area contributed by atoms with Crippen molar-refractivity contribution < 1.29 is 4.42 Å². The number of aryl methyl sites for hydroxylation is 1. The highest BCUT2D eigenvalue weighted by Crippen LogP contribution is 2.28. The first kappa shape index (κ1) is 18.3. The summed E-state index contributed by atoms with van der Waals surface area (Å²) in [5.74, 6) is 1.32. The normalized spacial score (nSPS) is 12.1. The van der Waals surface area contributed by atoms with Crippen molar-refractivity contribution in [2.75, 3.05) is 25.5 Å². The molecule has 0 saturated carbocycles. The number of hydrogen-bond acceptors (Lipinski definition) is 3. The SMILES string of the molecule is Cc1ccc([C@H](CCNCc2ccc(N(C)C)cc2)c2ccco2)cc1. The zero-order chi connectivity index (χ0) is 18.4. The third-order valence-electron chi connectivity index (χ3n) is 4.76. The van der Waals surface area contributed by atoms with Crippen molar-refractivity contribution >= 4 is 5.69 Å². The van der Waals surface area contributed by atoms with Gasteiger partial charge in [0.1, 0.15) is 5.76 Å². The molecular formula is C23H28N2O. The fraction of sp³-hybridized carbons (Fsp3) is 0.304. The summed E-state index contributed by atoms with van der Waals surface area (Å²) in [5.41, 5.74) is 5.13. The third-order valence-corrected chi connectivity index (χ3v) is 4.76. The molecule has 0 spiro atoms. The molecule has 3 rings (SSSR count). The van der Waals surface area contributed by atoms with Crippen LogP contribution in [0.15, 0.2) is 71.3 Å². The minimum Gasteiger partial charge on any atom is -0.469 e. The smallest absolute Gasteiger partial charge is 0.111 e. The molecule has 0 radical (unpaired) electrons. The van der Waals surface area contributed by atoms with Gasteiger partial charge in [0.05, 0.1) is 6.26 Å². The zero-order valence-corrected chi connectivity index (χ0v) is 15.9. The van der Waals surface area contributed by atoms with Gasteiger partial charge in [0.25, 0.3) is 0 Å². The van der Waals surface area contributed by atoms with Gasteiger partial charge in [-0.15, -0.1) is 0 Å². The van der Waals surface area contributed by atoms with Gasteiger partial charge in [-0.05, 0) is 55.3 Å². The van der Waals surface area contributed by atoms with Crippen LogP contribution in [-0.2, 0) is 6.54 Å². The minimum atomic E-state index is 0.286. The monoisotopic (exact) mass is 348 g/mol. The molecule has 0 saturated heterocycles. The van der Waals surface area contributed by atoms with Crippen LogP contribution in [0.25, 0.3) is 0 Å². The van der Waals surface area contributed by atoms with E-state index >= 15 is 0 Å². The fourth-order valence-electron chi connectivity index (χ4n) is 3.15. The van der Waals surface area contributed by atoms with E-state index < -0.39 is 0 Å². The topological polar surface area (TPSA) is 28.4 Å². The predicted octanol–water partition coefficient (Wildman–Crippen LogP) is 4.97. The molecule has 0 aliphatic rings. The zero-order valence-electron chi connectivity index (χ0n) is 15.9. The highest BCUT2D eigenvalue weighted by atomic mass is 16.3. The van der Waals surface area contributed by atoms with E-state index in [0.29, 0.717) is 0 Å². The quantitative estimate of drug-likeness (QED) is 0.583. The van der Waals surface area contributed by atoms with Gasteiger partial charge in [-0.3, -0.25) is 0 Å². The molecule has 3 heteroatoms. The predicted molar refractivity (Wildman–Crippen MR) is 109 cm³/mol. The maximum absolute atomic E-state index is 5.70. The number of furan rings is 1. The Morgan fingerprint density at radius 3 is 2.31 bits per heavy atom. The number of anilines is 1. The van der Waals surface area contributed by atoms with Crippen molar-refractivity contribution in [3.05, 3.63) is 89.4 Å². The Balaban J connectivity index is 1.57. The molecular weight excluding hydrogens is 320 g/mol. The molecule has 0 bridgehead atoms. The Kier molecular flexibility index (Phi) is 6.13. The Labute approximate surface area is 156 Å². The molecule has 0 unspecified atom stereocenters. The van der Waals surface area contributed by atoms with E-state index in [2.05, 4.69) is 85.8 Å². The Hall–Kier alpha value is -2.52. The third kappa shape index (κ3) is 4.77. The summed E-state index contributed by atoms with van der Waals surface area (Å²) in [6.07, 6.45) is 2.77. The van der Waals surface area contributed by atoms with Crippen LogP contribution in [-0.4, -0.2) is 20.6 Å². The summed E-state index contributed by atoms with van der Waals surface area (Å²) in [7, 11) is 4.13. The molecule has 1 aromatic heterocycles. The second-order valence-corrected chi connectivity index (χ2v) is 7.01.